The average molecular weight is 860 g/mol. The largest absolute Gasteiger partial charge is 0.497 e. The van der Waals surface area contributed by atoms with Crippen molar-refractivity contribution in [2.24, 2.45) is 5.92 Å². The summed E-state index contributed by atoms with van der Waals surface area (Å²) < 4.78 is 47.7. The first kappa shape index (κ1) is 42.7. The molecule has 4 N–H and O–H groups in total. The molecule has 0 bridgehead atoms. The van der Waals surface area contributed by atoms with E-state index in [4.69, 9.17) is 24.2 Å². The second kappa shape index (κ2) is 17.3. The Morgan fingerprint density at radius 1 is 1.05 bits per heavy atom. The fourth-order valence-corrected chi connectivity index (χ4v) is 9.59. The summed E-state index contributed by atoms with van der Waals surface area (Å²) in [5.41, 5.74) is -0.270. The fraction of sp³-hybridized carbons (Fsp3) is 0.465. The highest BCUT2D eigenvalue weighted by atomic mass is 32.2. The van der Waals surface area contributed by atoms with Crippen molar-refractivity contribution >= 4 is 61.0 Å². The Labute approximate surface area is 354 Å². The molecule has 3 aliphatic rings. The van der Waals surface area contributed by atoms with Crippen LogP contribution < -0.4 is 30.1 Å². The first-order valence-corrected chi connectivity index (χ1v) is 22.7. The van der Waals surface area contributed by atoms with Gasteiger partial charge in [0.25, 0.3) is 15.9 Å². The maximum atomic E-state index is 14.5. The Kier molecular flexibility index (Phi) is 12.3. The number of amides is 3. The number of likely N-dealkylation sites (tertiary alicyclic amines) is 1. The topological polar surface area (TPSA) is 190 Å². The van der Waals surface area contributed by atoms with Crippen LogP contribution in [0.25, 0.3) is 22.3 Å². The SMILES string of the molecule is COc1ccc2c(O[C@@H]3C[C@@H](C(=O)N[C@]45C[C@H]4C=CCCCCCNc4ccccc4S(=O)(=O)NC5=O)N(C(=O)OC(C)(C)C)C3)cc(-c3csc(NC(C)C)n3)nc2c1. The van der Waals surface area contributed by atoms with Gasteiger partial charge in [-0.25, -0.2) is 27.9 Å². The molecule has 320 valence electrons. The quantitative estimate of drug-likeness (QED) is 0.135. The van der Waals surface area contributed by atoms with Crippen molar-refractivity contribution in [1.82, 2.24) is 24.9 Å². The number of carbonyl (C=O) groups is 3. The van der Waals surface area contributed by atoms with Gasteiger partial charge in [0.05, 0.1) is 30.6 Å². The van der Waals surface area contributed by atoms with Crippen LogP contribution in [0, 0.1) is 5.92 Å². The van der Waals surface area contributed by atoms with Crippen LogP contribution >= 0.6 is 11.3 Å². The number of anilines is 2. The molecule has 2 aromatic carbocycles. The van der Waals surface area contributed by atoms with Crippen molar-refractivity contribution in [1.29, 1.82) is 0 Å². The summed E-state index contributed by atoms with van der Waals surface area (Å²) in [7, 11) is -2.77. The molecule has 15 nitrogen and oxygen atoms in total. The van der Waals surface area contributed by atoms with Gasteiger partial charge in [0.1, 0.15) is 45.4 Å². The molecule has 60 heavy (non-hydrogen) atoms. The van der Waals surface area contributed by atoms with Gasteiger partial charge in [0, 0.05) is 47.8 Å². The lowest BCUT2D eigenvalue weighted by atomic mass is 10.1. The van der Waals surface area contributed by atoms with Crippen LogP contribution in [0.1, 0.15) is 73.1 Å². The molecular weight excluding hydrogens is 807 g/mol. The van der Waals surface area contributed by atoms with E-state index in [0.29, 0.717) is 46.0 Å². The van der Waals surface area contributed by atoms with Crippen molar-refractivity contribution in [2.45, 2.75) is 107 Å². The Hall–Kier alpha value is -5.42. The number of thiazole rings is 1. The molecule has 1 saturated heterocycles. The summed E-state index contributed by atoms with van der Waals surface area (Å²) in [4.78, 5) is 53.4. The Balaban J connectivity index is 1.19. The van der Waals surface area contributed by atoms with E-state index in [1.807, 2.05) is 37.4 Å². The molecule has 1 aliphatic carbocycles. The molecule has 2 fully saturated rings. The number of nitrogens with one attached hydrogen (secondary N) is 4. The van der Waals surface area contributed by atoms with Crippen LogP contribution in [-0.4, -0.2) is 90.7 Å². The van der Waals surface area contributed by atoms with Crippen molar-refractivity contribution in [3.05, 3.63) is 66.1 Å². The number of carbonyl (C=O) groups excluding carboxylic acids is 3. The number of hydrogen-bond acceptors (Lipinski definition) is 13. The lowest BCUT2D eigenvalue weighted by Gasteiger charge is -2.29. The molecule has 4 aromatic rings. The van der Waals surface area contributed by atoms with Crippen molar-refractivity contribution in [2.75, 3.05) is 30.8 Å². The second-order valence-electron chi connectivity index (χ2n) is 16.8. The average Bonchev–Trinajstić information content (AvgIpc) is 3.45. The van der Waals surface area contributed by atoms with Gasteiger partial charge in [0.15, 0.2) is 5.13 Å². The number of ether oxygens (including phenoxy) is 3. The summed E-state index contributed by atoms with van der Waals surface area (Å²) in [6.45, 7) is 9.83. The van der Waals surface area contributed by atoms with Crippen molar-refractivity contribution < 1.29 is 37.0 Å². The molecule has 7 rings (SSSR count). The van der Waals surface area contributed by atoms with E-state index >= 15 is 0 Å². The van der Waals surface area contributed by atoms with Gasteiger partial charge >= 0.3 is 6.09 Å². The highest BCUT2D eigenvalue weighted by molar-refractivity contribution is 7.90. The second-order valence-corrected chi connectivity index (χ2v) is 19.3. The van der Waals surface area contributed by atoms with Crippen molar-refractivity contribution in [3.63, 3.8) is 0 Å². The maximum absolute atomic E-state index is 14.5. The van der Waals surface area contributed by atoms with Crippen LogP contribution in [-0.2, 0) is 24.3 Å². The predicted octanol–water partition coefficient (Wildman–Crippen LogP) is 6.87. The minimum Gasteiger partial charge on any atom is -0.497 e. The minimum atomic E-state index is -4.35. The number of sulfonamides is 1. The van der Waals surface area contributed by atoms with Gasteiger partial charge in [-0.1, -0.05) is 30.7 Å². The molecule has 0 spiro atoms. The third-order valence-corrected chi connectivity index (χ3v) is 12.7. The molecule has 4 heterocycles. The summed E-state index contributed by atoms with van der Waals surface area (Å²) in [6, 6.07) is 12.7. The van der Waals surface area contributed by atoms with Crippen molar-refractivity contribution in [3.8, 4) is 22.9 Å². The fourth-order valence-electron chi connectivity index (χ4n) is 7.52. The first-order chi connectivity index (χ1) is 28.5. The normalized spacial score (nSPS) is 22.9. The van der Waals surface area contributed by atoms with E-state index in [2.05, 4.69) is 20.7 Å². The summed E-state index contributed by atoms with van der Waals surface area (Å²) in [5, 5.41) is 12.8. The number of para-hydroxylation sites is 1. The molecule has 0 radical (unpaired) electrons. The standard InChI is InChI=1S/C43H53N7O8S2/c1-26(2)45-40-47-34(25-59-40)33-22-36(30-18-17-28(56-6)20-32(30)46-33)57-29-21-35(50(24-29)41(53)58-42(3,4)5)38(51)48-43-23-27(43)14-10-8-7-9-13-19-44-31-15-11-12-16-37(31)60(54,55)49-39(43)52/h10-12,14-18,20,22,25-27,29,35,44H,7-9,13,19,21,23-24H2,1-6H3,(H,45,47)(H,48,51)(H,49,52)/t27-,29-,35+,43-/m1/s1. The predicted molar refractivity (Wildman–Crippen MR) is 231 cm³/mol. The molecular formula is C43H53N7O8S2. The number of pyridine rings is 1. The van der Waals surface area contributed by atoms with E-state index in [-0.39, 0.29) is 30.3 Å². The molecule has 2 aliphatic heterocycles. The lowest BCUT2D eigenvalue weighted by molar-refractivity contribution is -0.131. The molecule has 3 amide bonds. The monoisotopic (exact) mass is 859 g/mol. The molecule has 4 atom stereocenters. The number of allylic oxidation sites excluding steroid dienone is 1. The zero-order valence-electron chi connectivity index (χ0n) is 34.7. The van der Waals surface area contributed by atoms with E-state index in [1.54, 1.807) is 64.3 Å². The van der Waals surface area contributed by atoms with Gasteiger partial charge in [-0.2, -0.15) is 0 Å². The summed E-state index contributed by atoms with van der Waals surface area (Å²) in [5.74, 6) is -0.894. The van der Waals surface area contributed by atoms with Crippen LogP contribution in [0.2, 0.25) is 0 Å². The summed E-state index contributed by atoms with van der Waals surface area (Å²) >= 11 is 1.46. The Bertz CT molecular complexity index is 2400. The minimum absolute atomic E-state index is 0.0118. The van der Waals surface area contributed by atoms with E-state index < -0.39 is 57.1 Å². The van der Waals surface area contributed by atoms with Crippen LogP contribution in [0.4, 0.5) is 15.6 Å². The number of hydrogen-bond donors (Lipinski definition) is 4. The van der Waals surface area contributed by atoms with E-state index in [0.717, 1.165) is 30.8 Å². The Morgan fingerprint density at radius 3 is 2.62 bits per heavy atom. The van der Waals surface area contributed by atoms with Crippen LogP contribution in [0.3, 0.4) is 0 Å². The third-order valence-electron chi connectivity index (χ3n) is 10.5. The highest BCUT2D eigenvalue weighted by Gasteiger charge is 2.61. The summed E-state index contributed by atoms with van der Waals surface area (Å²) in [6.07, 6.45) is 6.09. The number of rotatable bonds is 8. The number of methoxy groups -OCH3 is 1. The van der Waals surface area contributed by atoms with Gasteiger partial charge in [-0.3, -0.25) is 14.5 Å². The number of fused-ring (bicyclic) bond motifs is 3. The first-order valence-electron chi connectivity index (χ1n) is 20.3. The highest BCUT2D eigenvalue weighted by Crippen LogP contribution is 2.46. The molecule has 1 saturated carbocycles. The number of aromatic nitrogens is 2. The molecule has 17 heteroatoms. The number of nitrogens with zero attached hydrogens (tertiary/aromatic N) is 3. The number of benzene rings is 2. The van der Waals surface area contributed by atoms with Crippen LogP contribution in [0.15, 0.2) is 71.0 Å². The zero-order valence-corrected chi connectivity index (χ0v) is 36.4. The smallest absolute Gasteiger partial charge is 0.411 e. The van der Waals surface area contributed by atoms with Gasteiger partial charge < -0.3 is 30.2 Å². The maximum Gasteiger partial charge on any atom is 0.411 e. The van der Waals surface area contributed by atoms with Crippen LogP contribution in [0.5, 0.6) is 11.5 Å². The Morgan fingerprint density at radius 2 is 1.85 bits per heavy atom. The lowest BCUT2D eigenvalue weighted by Crippen LogP contribution is -2.56. The van der Waals surface area contributed by atoms with Gasteiger partial charge in [-0.05, 0) is 84.6 Å². The molecule has 0 unspecified atom stereocenters. The van der Waals surface area contributed by atoms with E-state index in [9.17, 15) is 22.8 Å². The molecule has 2 aromatic heterocycles. The zero-order chi connectivity index (χ0) is 42.8. The third kappa shape index (κ3) is 9.62. The van der Waals surface area contributed by atoms with E-state index in [1.165, 1.54) is 22.3 Å². The van der Waals surface area contributed by atoms with Gasteiger partial charge in [0.2, 0.25) is 5.91 Å². The van der Waals surface area contributed by atoms with Gasteiger partial charge in [-0.15, -0.1) is 11.3 Å².